The van der Waals surface area contributed by atoms with Crippen LogP contribution in [0.3, 0.4) is 0 Å². The molecule has 3 rings (SSSR count). The molecular formula is C24H40SiZr. The van der Waals surface area contributed by atoms with Gasteiger partial charge in [0.2, 0.25) is 0 Å². The van der Waals surface area contributed by atoms with Crippen LogP contribution in [-0.4, -0.2) is 8.07 Å². The molecule has 0 saturated carbocycles. The first-order valence-electron chi connectivity index (χ1n) is 10.5. The second kappa shape index (κ2) is 5.79. The van der Waals surface area contributed by atoms with Crippen LogP contribution in [0.25, 0.3) is 0 Å². The Morgan fingerprint density at radius 2 is 1.04 bits per heavy atom. The number of hydrogen-bond acceptors (Lipinski definition) is 0. The fraction of sp³-hybridized carbons (Fsp3) is 0.667. The Kier molecular flexibility index (Phi) is 4.63. The van der Waals surface area contributed by atoms with Gasteiger partial charge in [-0.25, -0.2) is 0 Å². The molecule has 0 spiro atoms. The molecule has 3 aliphatic rings. The van der Waals surface area contributed by atoms with Gasteiger partial charge in [0, 0.05) is 0 Å². The maximum atomic E-state index is 2.72. The first-order chi connectivity index (χ1) is 11.5. The fourth-order valence-corrected chi connectivity index (χ4v) is 29.3. The van der Waals surface area contributed by atoms with E-state index in [0.29, 0.717) is 11.8 Å². The van der Waals surface area contributed by atoms with E-state index in [1.54, 1.807) is 11.1 Å². The zero-order chi connectivity index (χ0) is 20.0. The van der Waals surface area contributed by atoms with E-state index in [4.69, 9.17) is 0 Å². The number of hydrogen-bond donors (Lipinski definition) is 0. The van der Waals surface area contributed by atoms with Crippen molar-refractivity contribution >= 4 is 8.07 Å². The molecule has 0 fully saturated rings. The molecule has 1 aliphatic heterocycles. The van der Waals surface area contributed by atoms with Crippen LogP contribution in [-0.2, 0) is 20.3 Å². The van der Waals surface area contributed by atoms with E-state index in [1.165, 1.54) is 0 Å². The molecule has 0 aromatic carbocycles. The van der Waals surface area contributed by atoms with Crippen LogP contribution in [0, 0.1) is 22.7 Å². The van der Waals surface area contributed by atoms with Gasteiger partial charge >= 0.3 is 169 Å². The zero-order valence-electron chi connectivity index (χ0n) is 19.3. The van der Waals surface area contributed by atoms with E-state index in [9.17, 15) is 0 Å². The van der Waals surface area contributed by atoms with E-state index in [1.807, 2.05) is 17.0 Å². The minimum atomic E-state index is -2.53. The molecule has 0 aromatic rings. The van der Waals surface area contributed by atoms with Gasteiger partial charge in [0.05, 0.1) is 0 Å². The van der Waals surface area contributed by atoms with Crippen molar-refractivity contribution in [1.29, 1.82) is 0 Å². The Morgan fingerprint density at radius 1 is 0.731 bits per heavy atom. The predicted molar refractivity (Wildman–Crippen MR) is 117 cm³/mol. The summed E-state index contributed by atoms with van der Waals surface area (Å²) < 4.78 is 9.34. The van der Waals surface area contributed by atoms with Gasteiger partial charge in [-0.1, -0.05) is 0 Å². The average Bonchev–Trinajstić information content (AvgIpc) is 2.95. The van der Waals surface area contributed by atoms with Crippen LogP contribution in [0.15, 0.2) is 40.3 Å². The summed E-state index contributed by atoms with van der Waals surface area (Å²) in [5.41, 5.74) is 3.90. The molecule has 0 N–H and O–H groups in total. The predicted octanol–water partition coefficient (Wildman–Crippen LogP) is 7.79. The SMILES string of the molecule is CC1C=C(C(C)(C)C)C2=[C]1[Zr]([CH3])([CH3])[C]1=C(C(C(C)(C)C)=CC1C)[Si]2(C)C. The van der Waals surface area contributed by atoms with Crippen molar-refractivity contribution in [2.24, 2.45) is 22.7 Å². The molecule has 2 heteroatoms. The summed E-state index contributed by atoms with van der Waals surface area (Å²) in [5.74, 6) is 1.33. The standard InChI is InChI=1S/C22H34Si.2CH3.Zr/c1-15-11-17(21(3,4)5)19(13-15)23(9,10)20-14-16(2)12-18(20)22(6,7)8;;;/h11-12,15-16H,1-10H3;2*1H3;. The Morgan fingerprint density at radius 3 is 1.31 bits per heavy atom. The normalized spacial score (nSPS) is 30.3. The van der Waals surface area contributed by atoms with Gasteiger partial charge in [0.1, 0.15) is 0 Å². The molecule has 2 aliphatic carbocycles. The molecule has 0 radical (unpaired) electrons. The third kappa shape index (κ3) is 2.76. The van der Waals surface area contributed by atoms with Crippen LogP contribution in [0.2, 0.25) is 22.4 Å². The molecule has 2 unspecified atom stereocenters. The summed E-state index contributed by atoms with van der Waals surface area (Å²) in [6.07, 6.45) is 5.32. The molecule has 0 nitrogen and oxygen atoms in total. The van der Waals surface area contributed by atoms with Crippen LogP contribution < -0.4 is 0 Å². The second-order valence-corrected chi connectivity index (χ2v) is 27.0. The van der Waals surface area contributed by atoms with Crippen LogP contribution >= 0.6 is 0 Å². The van der Waals surface area contributed by atoms with Gasteiger partial charge in [-0.15, -0.1) is 0 Å². The Labute approximate surface area is 168 Å². The number of rotatable bonds is 0. The van der Waals surface area contributed by atoms with E-state index < -0.39 is 28.3 Å². The molecule has 0 bridgehead atoms. The summed E-state index contributed by atoms with van der Waals surface area (Å²) in [7, 11) is -1.69. The quantitative estimate of drug-likeness (QED) is 0.332. The average molecular weight is 448 g/mol. The molecule has 0 amide bonds. The monoisotopic (exact) mass is 446 g/mol. The van der Waals surface area contributed by atoms with Crippen molar-refractivity contribution in [3.8, 4) is 0 Å². The second-order valence-electron chi connectivity index (χ2n) is 12.1. The molecule has 0 aromatic heterocycles. The molecular weight excluding hydrogens is 408 g/mol. The molecule has 0 saturated heterocycles. The van der Waals surface area contributed by atoms with Crippen molar-refractivity contribution in [2.75, 3.05) is 0 Å². The third-order valence-electron chi connectivity index (χ3n) is 7.03. The van der Waals surface area contributed by atoms with Crippen LogP contribution in [0.5, 0.6) is 0 Å². The summed E-state index contributed by atoms with van der Waals surface area (Å²) in [6.45, 7) is 24.9. The first-order valence-corrected chi connectivity index (χ1v) is 20.9. The fourth-order valence-electron chi connectivity index (χ4n) is 6.21. The van der Waals surface area contributed by atoms with Crippen molar-refractivity contribution in [2.45, 2.75) is 77.7 Å². The van der Waals surface area contributed by atoms with E-state index in [2.05, 4.69) is 89.9 Å². The summed E-state index contributed by atoms with van der Waals surface area (Å²) in [5, 5.41) is 3.75. The summed E-state index contributed by atoms with van der Waals surface area (Å²) >= 11 is -2.53. The van der Waals surface area contributed by atoms with Crippen LogP contribution in [0.4, 0.5) is 0 Å². The first kappa shape index (κ1) is 20.8. The van der Waals surface area contributed by atoms with Gasteiger partial charge in [0.15, 0.2) is 0 Å². The van der Waals surface area contributed by atoms with Gasteiger partial charge in [-0.05, 0) is 0 Å². The van der Waals surface area contributed by atoms with Gasteiger partial charge < -0.3 is 0 Å². The van der Waals surface area contributed by atoms with Crippen LogP contribution in [0.1, 0.15) is 55.4 Å². The Balaban J connectivity index is 2.33. The van der Waals surface area contributed by atoms with Gasteiger partial charge in [0.25, 0.3) is 0 Å². The Bertz CT molecular complexity index is 721. The van der Waals surface area contributed by atoms with Crippen molar-refractivity contribution in [3.63, 3.8) is 0 Å². The van der Waals surface area contributed by atoms with Gasteiger partial charge in [-0.3, -0.25) is 0 Å². The van der Waals surface area contributed by atoms with Gasteiger partial charge in [-0.2, -0.15) is 0 Å². The maximum absolute atomic E-state index is 2.72. The zero-order valence-corrected chi connectivity index (χ0v) is 22.8. The molecule has 1 heterocycles. The Hall–Kier alpha value is 0.0600. The third-order valence-corrected chi connectivity index (χ3v) is 21.9. The molecule has 26 heavy (non-hydrogen) atoms. The van der Waals surface area contributed by atoms with E-state index in [0.717, 1.165) is 0 Å². The molecule has 144 valence electrons. The molecule has 2 atom stereocenters. The summed E-state index contributed by atoms with van der Waals surface area (Å²) in [4.78, 5) is 0. The summed E-state index contributed by atoms with van der Waals surface area (Å²) in [6, 6.07) is 0. The van der Waals surface area contributed by atoms with Crippen molar-refractivity contribution in [1.82, 2.24) is 0 Å². The minimum absolute atomic E-state index is 0.255. The van der Waals surface area contributed by atoms with E-state index >= 15 is 0 Å². The topological polar surface area (TPSA) is 0 Å². The van der Waals surface area contributed by atoms with Crippen molar-refractivity contribution in [3.05, 3.63) is 40.3 Å². The number of allylic oxidation sites excluding steroid dienone is 8. The van der Waals surface area contributed by atoms with Crippen molar-refractivity contribution < 1.29 is 20.3 Å². The van der Waals surface area contributed by atoms with E-state index in [-0.39, 0.29) is 10.8 Å².